The fourth-order valence-electron chi connectivity index (χ4n) is 6.00. The molecule has 0 aromatic carbocycles. The predicted octanol–water partition coefficient (Wildman–Crippen LogP) is 3.43. The first kappa shape index (κ1) is 20.8. The topological polar surface area (TPSA) is 91.2 Å². The number of aromatic nitrogens is 3. The Hall–Kier alpha value is -1.77. The minimum atomic E-state index is -1.02. The number of aliphatic hydroxyl groups is 1. The molecule has 7 nitrogen and oxygen atoms in total. The molecule has 2 aromatic heterocycles. The van der Waals surface area contributed by atoms with Gasteiger partial charge < -0.3 is 15.3 Å². The van der Waals surface area contributed by atoms with Gasteiger partial charge in [0.1, 0.15) is 17.5 Å². The van der Waals surface area contributed by atoms with E-state index in [4.69, 9.17) is 16.6 Å². The van der Waals surface area contributed by atoms with Crippen molar-refractivity contribution in [2.24, 2.45) is 0 Å². The molecule has 32 heavy (non-hydrogen) atoms. The fourth-order valence-corrected chi connectivity index (χ4v) is 7.48. The Morgan fingerprint density at radius 2 is 1.94 bits per heavy atom. The van der Waals surface area contributed by atoms with Crippen LogP contribution in [0.3, 0.4) is 0 Å². The normalized spacial score (nSPS) is 30.1. The molecule has 3 fully saturated rings. The van der Waals surface area contributed by atoms with Crippen LogP contribution in [0.1, 0.15) is 62.3 Å². The van der Waals surface area contributed by atoms with Crippen molar-refractivity contribution in [1.29, 1.82) is 0 Å². The maximum Gasteiger partial charge on any atom is 0.145 e. The number of fused-ring (bicyclic) bond motifs is 3. The average molecular weight is 474 g/mol. The van der Waals surface area contributed by atoms with Crippen LogP contribution in [0.4, 0.5) is 11.6 Å². The molecule has 1 aliphatic carbocycles. The summed E-state index contributed by atoms with van der Waals surface area (Å²) < 4.78 is 12.8. The first-order chi connectivity index (χ1) is 15.5. The summed E-state index contributed by atoms with van der Waals surface area (Å²) in [6, 6.07) is 2.97. The molecule has 2 N–H and O–H groups in total. The van der Waals surface area contributed by atoms with Crippen molar-refractivity contribution in [2.75, 3.05) is 22.6 Å². The molecule has 2 aromatic rings. The quantitative estimate of drug-likeness (QED) is 0.687. The predicted molar refractivity (Wildman–Crippen MR) is 125 cm³/mol. The van der Waals surface area contributed by atoms with Gasteiger partial charge in [-0.3, -0.25) is 4.21 Å². The molecule has 3 atom stereocenters. The molecule has 170 valence electrons. The van der Waals surface area contributed by atoms with E-state index in [1.807, 2.05) is 0 Å². The van der Waals surface area contributed by atoms with Gasteiger partial charge in [0.25, 0.3) is 0 Å². The third-order valence-corrected chi connectivity index (χ3v) is 9.50. The lowest BCUT2D eigenvalue weighted by atomic mass is 9.77. The average Bonchev–Trinajstić information content (AvgIpc) is 3.27. The van der Waals surface area contributed by atoms with Gasteiger partial charge in [-0.2, -0.15) is 0 Å². The minimum absolute atomic E-state index is 0.0814. The van der Waals surface area contributed by atoms with E-state index in [1.165, 1.54) is 0 Å². The van der Waals surface area contributed by atoms with Crippen LogP contribution in [0.25, 0.3) is 0 Å². The number of hydrogen-bond acceptors (Lipinski definition) is 7. The van der Waals surface area contributed by atoms with E-state index < -0.39 is 10.8 Å². The lowest BCUT2D eigenvalue weighted by Gasteiger charge is -2.42. The summed E-state index contributed by atoms with van der Waals surface area (Å²) in [4.78, 5) is 17.4. The lowest BCUT2D eigenvalue weighted by molar-refractivity contribution is 0.143. The van der Waals surface area contributed by atoms with Gasteiger partial charge in [-0.1, -0.05) is 11.6 Å². The van der Waals surface area contributed by atoms with Crippen LogP contribution >= 0.6 is 11.6 Å². The maximum atomic E-state index is 12.8. The Morgan fingerprint density at radius 1 is 1.22 bits per heavy atom. The van der Waals surface area contributed by atoms with Gasteiger partial charge in [-0.15, -0.1) is 0 Å². The van der Waals surface area contributed by atoms with Gasteiger partial charge >= 0.3 is 0 Å². The molecule has 2 bridgehead atoms. The van der Waals surface area contributed by atoms with Gasteiger partial charge in [0, 0.05) is 36.1 Å². The Morgan fingerprint density at radius 3 is 2.56 bits per heavy atom. The number of anilines is 2. The highest BCUT2D eigenvalue weighted by molar-refractivity contribution is 7.85. The standard InChI is InChI=1S/C23H28ClN5O2S/c24-16-11-25-21(26-12-16)15-8-17-2-3-18(9-15)29(17)19-10-14-4-7-32(31)20(14)22(27-19)28-23(13-30)5-1-6-23/h10-12,15,17-18,30H,1-9,13H2,(H,27,28)/t15?,17?,18?,32-/m1/s1. The van der Waals surface area contributed by atoms with Crippen molar-refractivity contribution < 1.29 is 9.32 Å². The van der Waals surface area contributed by atoms with E-state index in [0.717, 1.165) is 79.3 Å². The SMILES string of the molecule is O=[S@@]1CCc2cc(N3C4CCC3CC(c3ncc(Cl)cn3)C4)nc(NC3(CO)CCC3)c21. The Bertz CT molecular complexity index is 1040. The summed E-state index contributed by atoms with van der Waals surface area (Å²) >= 11 is 5.98. The zero-order valence-corrected chi connectivity index (χ0v) is 19.5. The second kappa shape index (κ2) is 7.92. The Balaban J connectivity index is 1.31. The molecule has 0 amide bonds. The number of piperidine rings is 1. The van der Waals surface area contributed by atoms with Gasteiger partial charge in [0.05, 0.1) is 32.9 Å². The van der Waals surface area contributed by atoms with Gasteiger partial charge in [0.15, 0.2) is 0 Å². The van der Waals surface area contributed by atoms with Gasteiger partial charge in [0.2, 0.25) is 0 Å². The monoisotopic (exact) mass is 473 g/mol. The second-order valence-electron chi connectivity index (χ2n) is 9.75. The molecule has 4 aliphatic rings. The number of aryl methyl sites for hydroxylation is 1. The fraction of sp³-hybridized carbons (Fsp3) is 0.609. The lowest BCUT2D eigenvalue weighted by Crippen LogP contribution is -2.49. The summed E-state index contributed by atoms with van der Waals surface area (Å²) in [5.41, 5.74) is 0.829. The van der Waals surface area contributed by atoms with Crippen LogP contribution in [0.2, 0.25) is 5.02 Å². The highest BCUT2D eigenvalue weighted by Gasteiger charge is 2.44. The van der Waals surface area contributed by atoms with Crippen LogP contribution in [0.5, 0.6) is 0 Å². The van der Waals surface area contributed by atoms with E-state index in [1.54, 1.807) is 12.4 Å². The van der Waals surface area contributed by atoms with E-state index in [0.29, 0.717) is 28.8 Å². The van der Waals surface area contributed by atoms with Crippen molar-refractivity contribution >= 4 is 34.0 Å². The summed E-state index contributed by atoms with van der Waals surface area (Å²) in [6.07, 6.45) is 11.4. The second-order valence-corrected chi connectivity index (χ2v) is 11.7. The number of halogens is 1. The molecule has 0 spiro atoms. The summed E-state index contributed by atoms with van der Waals surface area (Å²) in [5.74, 6) is 3.60. The van der Waals surface area contributed by atoms with Crippen molar-refractivity contribution in [3.8, 4) is 0 Å². The van der Waals surface area contributed by atoms with Crippen LogP contribution < -0.4 is 10.2 Å². The molecule has 2 saturated heterocycles. The maximum absolute atomic E-state index is 12.8. The number of aliphatic hydroxyl groups excluding tert-OH is 1. The molecule has 2 unspecified atom stereocenters. The molecule has 3 aliphatic heterocycles. The first-order valence-corrected chi connectivity index (χ1v) is 13.3. The third kappa shape index (κ3) is 3.42. The Labute approximate surface area is 195 Å². The molecule has 9 heteroatoms. The smallest absolute Gasteiger partial charge is 0.145 e. The first-order valence-electron chi connectivity index (χ1n) is 11.6. The summed E-state index contributed by atoms with van der Waals surface area (Å²) in [5, 5.41) is 14.1. The van der Waals surface area contributed by atoms with E-state index in [-0.39, 0.29) is 12.1 Å². The Kier molecular flexibility index (Phi) is 5.15. The zero-order valence-electron chi connectivity index (χ0n) is 18.0. The molecule has 5 heterocycles. The summed E-state index contributed by atoms with van der Waals surface area (Å²) in [7, 11) is -1.02. The minimum Gasteiger partial charge on any atom is -0.394 e. The highest BCUT2D eigenvalue weighted by Crippen LogP contribution is 2.46. The van der Waals surface area contributed by atoms with Crippen molar-refractivity contribution in [2.45, 2.75) is 79.8 Å². The van der Waals surface area contributed by atoms with Gasteiger partial charge in [-0.25, -0.2) is 15.0 Å². The molecule has 1 saturated carbocycles. The van der Waals surface area contributed by atoms with Crippen molar-refractivity contribution in [3.63, 3.8) is 0 Å². The van der Waals surface area contributed by atoms with Crippen LogP contribution in [-0.4, -0.2) is 54.2 Å². The van der Waals surface area contributed by atoms with Crippen LogP contribution in [-0.2, 0) is 17.2 Å². The van der Waals surface area contributed by atoms with E-state index in [2.05, 4.69) is 26.3 Å². The number of rotatable bonds is 5. The molecule has 0 radical (unpaired) electrons. The summed E-state index contributed by atoms with van der Waals surface area (Å²) in [6.45, 7) is 0.0814. The van der Waals surface area contributed by atoms with Crippen LogP contribution in [0, 0.1) is 0 Å². The molecular weight excluding hydrogens is 446 g/mol. The number of nitrogens with zero attached hydrogens (tertiary/aromatic N) is 4. The molecular formula is C23H28ClN5O2S. The van der Waals surface area contributed by atoms with E-state index >= 15 is 0 Å². The number of hydrogen-bond donors (Lipinski definition) is 2. The largest absolute Gasteiger partial charge is 0.394 e. The van der Waals surface area contributed by atoms with Crippen molar-refractivity contribution in [3.05, 3.63) is 34.9 Å². The molecule has 6 rings (SSSR count). The van der Waals surface area contributed by atoms with E-state index in [9.17, 15) is 9.32 Å². The van der Waals surface area contributed by atoms with Crippen molar-refractivity contribution in [1.82, 2.24) is 15.0 Å². The van der Waals surface area contributed by atoms with Crippen LogP contribution in [0.15, 0.2) is 23.4 Å². The number of pyridine rings is 1. The number of nitrogens with one attached hydrogen (secondary N) is 1. The highest BCUT2D eigenvalue weighted by atomic mass is 35.5. The zero-order chi connectivity index (χ0) is 21.9. The van der Waals surface area contributed by atoms with Gasteiger partial charge in [-0.05, 0) is 63.0 Å². The third-order valence-electron chi connectivity index (χ3n) is 7.82.